The van der Waals surface area contributed by atoms with Crippen molar-refractivity contribution in [2.24, 2.45) is 5.41 Å². The van der Waals surface area contributed by atoms with Gasteiger partial charge in [0, 0.05) is 12.7 Å². The number of rotatable bonds is 3. The Kier molecular flexibility index (Phi) is 3.24. The Morgan fingerprint density at radius 3 is 2.73 bits per heavy atom. The minimum absolute atomic E-state index is 0.0155. The molecule has 1 aromatic rings. The molecule has 1 heterocycles. The van der Waals surface area contributed by atoms with E-state index in [0.717, 1.165) is 0 Å². The molecule has 0 aromatic carbocycles. The third kappa shape index (κ3) is 3.53. The molecule has 1 rings (SSSR count). The molecule has 1 aromatic heterocycles. The van der Waals surface area contributed by atoms with Crippen LogP contribution in [0.5, 0.6) is 0 Å². The number of aromatic nitrogens is 1. The van der Waals surface area contributed by atoms with Gasteiger partial charge >= 0.3 is 5.69 Å². The molecule has 5 nitrogen and oxygen atoms in total. The van der Waals surface area contributed by atoms with Crippen molar-refractivity contribution in [1.29, 1.82) is 0 Å². The van der Waals surface area contributed by atoms with Crippen molar-refractivity contribution >= 4 is 11.4 Å². The summed E-state index contributed by atoms with van der Waals surface area (Å²) < 4.78 is 0. The summed E-state index contributed by atoms with van der Waals surface area (Å²) in [6.45, 7) is 6.87. The van der Waals surface area contributed by atoms with E-state index in [0.29, 0.717) is 12.2 Å². The average Bonchev–Trinajstić information content (AvgIpc) is 2.14. The molecule has 0 aliphatic heterocycles. The molecule has 0 aliphatic rings. The number of hydrogen-bond donors (Lipinski definition) is 1. The van der Waals surface area contributed by atoms with Crippen molar-refractivity contribution in [3.63, 3.8) is 0 Å². The zero-order chi connectivity index (χ0) is 11.5. The minimum Gasteiger partial charge on any atom is -0.379 e. The third-order valence-corrected chi connectivity index (χ3v) is 1.81. The minimum atomic E-state index is -0.433. The second-order valence-electron chi connectivity index (χ2n) is 4.56. The molecule has 5 heteroatoms. The first-order chi connectivity index (χ1) is 6.90. The summed E-state index contributed by atoms with van der Waals surface area (Å²) in [7, 11) is 0. The fourth-order valence-corrected chi connectivity index (χ4v) is 1.04. The highest BCUT2D eigenvalue weighted by Gasteiger charge is 2.15. The lowest BCUT2D eigenvalue weighted by molar-refractivity contribution is -0.384. The molecule has 0 saturated heterocycles. The summed E-state index contributed by atoms with van der Waals surface area (Å²) in [5, 5.41) is 13.7. The molecule has 1 N–H and O–H groups in total. The highest BCUT2D eigenvalue weighted by Crippen LogP contribution is 2.23. The largest absolute Gasteiger partial charge is 0.379 e. The van der Waals surface area contributed by atoms with E-state index in [9.17, 15) is 10.1 Å². The van der Waals surface area contributed by atoms with E-state index in [1.165, 1.54) is 12.4 Å². The molecule has 0 unspecified atom stereocenters. The van der Waals surface area contributed by atoms with Crippen molar-refractivity contribution < 1.29 is 4.92 Å². The van der Waals surface area contributed by atoms with E-state index in [-0.39, 0.29) is 11.1 Å². The van der Waals surface area contributed by atoms with Gasteiger partial charge in [-0.05, 0) is 11.5 Å². The lowest BCUT2D eigenvalue weighted by Gasteiger charge is -2.19. The Hall–Kier alpha value is -1.65. The zero-order valence-corrected chi connectivity index (χ0v) is 9.15. The van der Waals surface area contributed by atoms with Gasteiger partial charge in [0.2, 0.25) is 0 Å². The van der Waals surface area contributed by atoms with Crippen LogP contribution < -0.4 is 5.32 Å². The van der Waals surface area contributed by atoms with Crippen molar-refractivity contribution in [3.05, 3.63) is 28.6 Å². The SMILES string of the molecule is CC(C)(C)CNc1ccncc1[N+](=O)[O-]. The second-order valence-corrected chi connectivity index (χ2v) is 4.56. The second kappa shape index (κ2) is 4.25. The van der Waals surface area contributed by atoms with Gasteiger partial charge in [-0.15, -0.1) is 0 Å². The number of hydrogen-bond acceptors (Lipinski definition) is 4. The van der Waals surface area contributed by atoms with E-state index in [1.54, 1.807) is 6.07 Å². The van der Waals surface area contributed by atoms with Crippen LogP contribution in [0, 0.1) is 15.5 Å². The summed E-state index contributed by atoms with van der Waals surface area (Å²) in [5.74, 6) is 0. The van der Waals surface area contributed by atoms with Crippen molar-refractivity contribution in [2.45, 2.75) is 20.8 Å². The first-order valence-electron chi connectivity index (χ1n) is 4.72. The predicted molar refractivity (Wildman–Crippen MR) is 58.8 cm³/mol. The number of nitro groups is 1. The van der Waals surface area contributed by atoms with Crippen molar-refractivity contribution in [2.75, 3.05) is 11.9 Å². The lowest BCUT2D eigenvalue weighted by Crippen LogP contribution is -2.19. The summed E-state index contributed by atoms with van der Waals surface area (Å²) in [6, 6.07) is 1.61. The number of nitrogens with one attached hydrogen (secondary N) is 1. The summed E-state index contributed by atoms with van der Waals surface area (Å²) in [5.41, 5.74) is 0.614. The van der Waals surface area contributed by atoms with Gasteiger partial charge in [0.15, 0.2) is 0 Å². The van der Waals surface area contributed by atoms with Crippen LogP contribution in [0.25, 0.3) is 0 Å². The molecular formula is C10H15N3O2. The smallest absolute Gasteiger partial charge is 0.310 e. The highest BCUT2D eigenvalue weighted by molar-refractivity contribution is 5.59. The van der Waals surface area contributed by atoms with Gasteiger partial charge in [-0.25, -0.2) is 0 Å². The fraction of sp³-hybridized carbons (Fsp3) is 0.500. The first kappa shape index (κ1) is 11.4. The van der Waals surface area contributed by atoms with Crippen LogP contribution in [0.15, 0.2) is 18.5 Å². The number of nitrogens with zero attached hydrogens (tertiary/aromatic N) is 2. The number of pyridine rings is 1. The molecule has 0 spiro atoms. The molecular weight excluding hydrogens is 194 g/mol. The van der Waals surface area contributed by atoms with Gasteiger partial charge in [-0.3, -0.25) is 15.1 Å². The Morgan fingerprint density at radius 1 is 1.53 bits per heavy atom. The van der Waals surface area contributed by atoms with Crippen LogP contribution in [-0.2, 0) is 0 Å². The first-order valence-corrected chi connectivity index (χ1v) is 4.72. The highest BCUT2D eigenvalue weighted by atomic mass is 16.6. The Balaban J connectivity index is 2.81. The normalized spacial score (nSPS) is 11.1. The average molecular weight is 209 g/mol. The van der Waals surface area contributed by atoms with Crippen LogP contribution in [0.2, 0.25) is 0 Å². The molecule has 0 atom stereocenters. The molecule has 0 aliphatic carbocycles. The number of anilines is 1. The van der Waals surface area contributed by atoms with Gasteiger partial charge in [0.25, 0.3) is 0 Å². The monoisotopic (exact) mass is 209 g/mol. The van der Waals surface area contributed by atoms with Crippen molar-refractivity contribution in [1.82, 2.24) is 4.98 Å². The maximum absolute atomic E-state index is 10.7. The standard InChI is InChI=1S/C10H15N3O2/c1-10(2,3)7-12-8-4-5-11-6-9(8)13(14)15/h4-6H,7H2,1-3H3,(H,11,12). The fourth-order valence-electron chi connectivity index (χ4n) is 1.04. The van der Waals surface area contributed by atoms with Gasteiger partial charge in [-0.1, -0.05) is 20.8 Å². The van der Waals surface area contributed by atoms with Crippen LogP contribution in [-0.4, -0.2) is 16.5 Å². The van der Waals surface area contributed by atoms with Crippen molar-refractivity contribution in [3.8, 4) is 0 Å². The van der Waals surface area contributed by atoms with E-state index < -0.39 is 4.92 Å². The third-order valence-electron chi connectivity index (χ3n) is 1.81. The maximum atomic E-state index is 10.7. The van der Waals surface area contributed by atoms with Crippen LogP contribution in [0.1, 0.15) is 20.8 Å². The van der Waals surface area contributed by atoms with Crippen LogP contribution in [0.3, 0.4) is 0 Å². The molecule has 0 fully saturated rings. The molecule has 82 valence electrons. The van der Waals surface area contributed by atoms with Crippen LogP contribution >= 0.6 is 0 Å². The Labute approximate surface area is 88.7 Å². The van der Waals surface area contributed by atoms with E-state index in [2.05, 4.69) is 31.1 Å². The van der Waals surface area contributed by atoms with Crippen LogP contribution in [0.4, 0.5) is 11.4 Å². The molecule has 0 bridgehead atoms. The maximum Gasteiger partial charge on any atom is 0.310 e. The topological polar surface area (TPSA) is 68.1 Å². The predicted octanol–water partition coefficient (Wildman–Crippen LogP) is 2.45. The molecule has 0 radical (unpaired) electrons. The van der Waals surface area contributed by atoms with Gasteiger partial charge in [0.05, 0.1) is 4.92 Å². The van der Waals surface area contributed by atoms with E-state index in [1.807, 2.05) is 0 Å². The van der Waals surface area contributed by atoms with Gasteiger partial charge in [0.1, 0.15) is 11.9 Å². The Bertz CT molecular complexity index is 358. The summed E-state index contributed by atoms with van der Waals surface area (Å²) >= 11 is 0. The van der Waals surface area contributed by atoms with Gasteiger partial charge in [-0.2, -0.15) is 0 Å². The van der Waals surface area contributed by atoms with Gasteiger partial charge < -0.3 is 5.32 Å². The van der Waals surface area contributed by atoms with E-state index >= 15 is 0 Å². The lowest BCUT2D eigenvalue weighted by atomic mass is 9.97. The summed E-state index contributed by atoms with van der Waals surface area (Å²) in [4.78, 5) is 14.0. The Morgan fingerprint density at radius 2 is 2.20 bits per heavy atom. The molecule has 0 saturated carbocycles. The quantitative estimate of drug-likeness (QED) is 0.613. The zero-order valence-electron chi connectivity index (χ0n) is 9.15. The molecule has 15 heavy (non-hydrogen) atoms. The van der Waals surface area contributed by atoms with E-state index in [4.69, 9.17) is 0 Å². The summed E-state index contributed by atoms with van der Waals surface area (Å²) in [6.07, 6.45) is 2.79. The molecule has 0 amide bonds.